The van der Waals surface area contributed by atoms with E-state index in [2.05, 4.69) is 10.1 Å². The molecule has 0 aliphatic carbocycles. The summed E-state index contributed by atoms with van der Waals surface area (Å²) in [6.07, 6.45) is -4.70. The molecule has 0 spiro atoms. The first-order valence-corrected chi connectivity index (χ1v) is 4.69. The number of ether oxygens (including phenoxy) is 2. The predicted octanol–water partition coefficient (Wildman–Crippen LogP) is 1.95. The average molecular weight is 232 g/mol. The van der Waals surface area contributed by atoms with E-state index in [9.17, 15) is 13.2 Å². The summed E-state index contributed by atoms with van der Waals surface area (Å²) in [5.74, 6) is 0.0860. The Labute approximate surface area is 90.2 Å². The molecule has 0 N–H and O–H groups in total. The van der Waals surface area contributed by atoms with E-state index in [1.165, 1.54) is 18.2 Å². The van der Waals surface area contributed by atoms with Crippen molar-refractivity contribution in [3.8, 4) is 11.5 Å². The molecule has 87 valence electrons. The fourth-order valence-corrected chi connectivity index (χ4v) is 1.25. The molecular formula is C10H9F3NO2. The standard InChI is InChI=1S/C10H9F3NO2/c11-10(12,13)16-8-3-1-2-7(4-8)15-9-5-14-6-9/h1-4,9H,5-6H2. The molecule has 1 aliphatic heterocycles. The number of hydrogen-bond acceptors (Lipinski definition) is 2. The molecular weight excluding hydrogens is 223 g/mol. The van der Waals surface area contributed by atoms with Gasteiger partial charge in [-0.3, -0.25) is 0 Å². The molecule has 0 amide bonds. The van der Waals surface area contributed by atoms with Crippen molar-refractivity contribution in [3.05, 3.63) is 24.3 Å². The molecule has 0 unspecified atom stereocenters. The summed E-state index contributed by atoms with van der Waals surface area (Å²) < 4.78 is 44.9. The summed E-state index contributed by atoms with van der Waals surface area (Å²) in [7, 11) is 0. The van der Waals surface area contributed by atoms with Crippen LogP contribution < -0.4 is 14.8 Å². The van der Waals surface area contributed by atoms with Crippen molar-refractivity contribution < 1.29 is 22.6 Å². The summed E-state index contributed by atoms with van der Waals surface area (Å²) in [6.45, 7) is 1.18. The van der Waals surface area contributed by atoms with E-state index >= 15 is 0 Å². The van der Waals surface area contributed by atoms with Gasteiger partial charge in [-0.25, -0.2) is 5.32 Å². The zero-order valence-corrected chi connectivity index (χ0v) is 8.20. The highest BCUT2D eigenvalue weighted by Gasteiger charge is 2.31. The number of rotatable bonds is 3. The van der Waals surface area contributed by atoms with Gasteiger partial charge in [-0.2, -0.15) is 0 Å². The quantitative estimate of drug-likeness (QED) is 0.797. The Hall–Kier alpha value is -1.43. The van der Waals surface area contributed by atoms with Gasteiger partial charge in [0.2, 0.25) is 0 Å². The summed E-state index contributed by atoms with van der Waals surface area (Å²) in [5.41, 5.74) is 0. The van der Waals surface area contributed by atoms with Gasteiger partial charge in [0.15, 0.2) is 0 Å². The minimum Gasteiger partial charge on any atom is -0.487 e. The lowest BCUT2D eigenvalue weighted by Crippen LogP contribution is -2.45. The van der Waals surface area contributed by atoms with Crippen LogP contribution in [0.2, 0.25) is 0 Å². The number of halogens is 3. The fraction of sp³-hybridized carbons (Fsp3) is 0.400. The van der Waals surface area contributed by atoms with Gasteiger partial charge in [-0.15, -0.1) is 13.2 Å². The maximum atomic E-state index is 11.9. The predicted molar refractivity (Wildman–Crippen MR) is 49.4 cm³/mol. The maximum Gasteiger partial charge on any atom is 0.573 e. The molecule has 6 heteroatoms. The Balaban J connectivity index is 2.00. The van der Waals surface area contributed by atoms with Crippen LogP contribution in [0.25, 0.3) is 0 Å². The van der Waals surface area contributed by atoms with Crippen LogP contribution in [0, 0.1) is 0 Å². The van der Waals surface area contributed by atoms with Crippen LogP contribution in [0.4, 0.5) is 13.2 Å². The van der Waals surface area contributed by atoms with E-state index in [1.54, 1.807) is 6.07 Å². The molecule has 1 aromatic carbocycles. The van der Waals surface area contributed by atoms with Crippen LogP contribution in [0.3, 0.4) is 0 Å². The van der Waals surface area contributed by atoms with Gasteiger partial charge in [0.25, 0.3) is 0 Å². The van der Waals surface area contributed by atoms with Crippen LogP contribution in [0.5, 0.6) is 11.5 Å². The molecule has 0 atom stereocenters. The van der Waals surface area contributed by atoms with Crippen molar-refractivity contribution in [2.75, 3.05) is 13.1 Å². The van der Waals surface area contributed by atoms with Crippen molar-refractivity contribution in [2.24, 2.45) is 0 Å². The lowest BCUT2D eigenvalue weighted by Gasteiger charge is -2.26. The molecule has 1 saturated heterocycles. The van der Waals surface area contributed by atoms with Gasteiger partial charge in [0.1, 0.15) is 17.6 Å². The van der Waals surface area contributed by atoms with E-state index in [1.807, 2.05) is 0 Å². The molecule has 1 aromatic rings. The van der Waals surface area contributed by atoms with Gasteiger partial charge < -0.3 is 9.47 Å². The number of benzene rings is 1. The molecule has 1 heterocycles. The monoisotopic (exact) mass is 232 g/mol. The normalized spacial score (nSPS) is 16.7. The molecule has 16 heavy (non-hydrogen) atoms. The molecule has 2 rings (SSSR count). The third-order valence-corrected chi connectivity index (χ3v) is 2.01. The number of alkyl halides is 3. The lowest BCUT2D eigenvalue weighted by atomic mass is 10.2. The highest BCUT2D eigenvalue weighted by atomic mass is 19.4. The first-order chi connectivity index (χ1) is 7.53. The second-order valence-corrected chi connectivity index (χ2v) is 3.35. The Morgan fingerprint density at radius 3 is 2.44 bits per heavy atom. The smallest absolute Gasteiger partial charge is 0.487 e. The van der Waals surface area contributed by atoms with Crippen LogP contribution in [0.1, 0.15) is 0 Å². The van der Waals surface area contributed by atoms with Crippen LogP contribution in [-0.4, -0.2) is 25.6 Å². The van der Waals surface area contributed by atoms with Gasteiger partial charge in [0, 0.05) is 6.07 Å². The van der Waals surface area contributed by atoms with Gasteiger partial charge in [-0.1, -0.05) is 6.07 Å². The van der Waals surface area contributed by atoms with Crippen LogP contribution >= 0.6 is 0 Å². The van der Waals surface area contributed by atoms with E-state index in [-0.39, 0.29) is 11.9 Å². The van der Waals surface area contributed by atoms with E-state index in [0.29, 0.717) is 18.8 Å². The Morgan fingerprint density at radius 1 is 1.19 bits per heavy atom. The van der Waals surface area contributed by atoms with Gasteiger partial charge >= 0.3 is 6.36 Å². The van der Waals surface area contributed by atoms with Gasteiger partial charge in [-0.05, 0) is 12.1 Å². The lowest BCUT2D eigenvalue weighted by molar-refractivity contribution is -0.274. The summed E-state index contributed by atoms with van der Waals surface area (Å²) in [4.78, 5) is 0. The van der Waals surface area contributed by atoms with Crippen molar-refractivity contribution in [1.82, 2.24) is 5.32 Å². The van der Waals surface area contributed by atoms with Crippen molar-refractivity contribution >= 4 is 0 Å². The second-order valence-electron chi connectivity index (χ2n) is 3.35. The van der Waals surface area contributed by atoms with Crippen molar-refractivity contribution in [1.29, 1.82) is 0 Å². The second kappa shape index (κ2) is 4.21. The zero-order valence-electron chi connectivity index (χ0n) is 8.20. The first kappa shape index (κ1) is 11.1. The minimum absolute atomic E-state index is 0.0267. The minimum atomic E-state index is -4.68. The molecule has 3 nitrogen and oxygen atoms in total. The zero-order chi connectivity index (χ0) is 11.6. The molecule has 0 bridgehead atoms. The molecule has 1 radical (unpaired) electrons. The number of nitrogens with zero attached hydrogens (tertiary/aromatic N) is 1. The summed E-state index contributed by atoms with van der Waals surface area (Å²) in [6, 6.07) is 5.48. The Kier molecular flexibility index (Phi) is 2.91. The molecule has 1 aliphatic rings. The van der Waals surface area contributed by atoms with E-state index in [4.69, 9.17) is 4.74 Å². The van der Waals surface area contributed by atoms with Gasteiger partial charge in [0.05, 0.1) is 13.1 Å². The third kappa shape index (κ3) is 3.03. The summed E-state index contributed by atoms with van der Waals surface area (Å²) >= 11 is 0. The summed E-state index contributed by atoms with van der Waals surface area (Å²) in [5, 5.41) is 3.94. The molecule has 0 aromatic heterocycles. The molecule has 1 fully saturated rings. The highest BCUT2D eigenvalue weighted by molar-refractivity contribution is 5.33. The maximum absolute atomic E-state index is 11.9. The Morgan fingerprint density at radius 2 is 1.88 bits per heavy atom. The fourth-order valence-electron chi connectivity index (χ4n) is 1.25. The first-order valence-electron chi connectivity index (χ1n) is 4.69. The van der Waals surface area contributed by atoms with Crippen LogP contribution in [0.15, 0.2) is 24.3 Å². The van der Waals surface area contributed by atoms with Crippen LogP contribution in [-0.2, 0) is 0 Å². The average Bonchev–Trinajstić information content (AvgIpc) is 2.09. The van der Waals surface area contributed by atoms with E-state index < -0.39 is 6.36 Å². The number of hydrogen-bond donors (Lipinski definition) is 0. The Bertz CT molecular complexity index is 363. The topological polar surface area (TPSA) is 32.6 Å². The molecule has 0 saturated carbocycles. The van der Waals surface area contributed by atoms with Crippen molar-refractivity contribution in [3.63, 3.8) is 0 Å². The van der Waals surface area contributed by atoms with Crippen molar-refractivity contribution in [2.45, 2.75) is 12.5 Å². The largest absolute Gasteiger partial charge is 0.573 e. The van der Waals surface area contributed by atoms with E-state index in [0.717, 1.165) is 0 Å². The SMILES string of the molecule is FC(F)(F)Oc1cccc(OC2C[N]C2)c1. The highest BCUT2D eigenvalue weighted by Crippen LogP contribution is 2.26. The third-order valence-electron chi connectivity index (χ3n) is 2.01.